The van der Waals surface area contributed by atoms with Crippen LogP contribution in [0.3, 0.4) is 0 Å². The Bertz CT molecular complexity index is 376. The molecular weight excluding hydrogens is 184 g/mol. The van der Waals surface area contributed by atoms with Crippen molar-refractivity contribution in [2.24, 2.45) is 5.41 Å². The maximum Gasteiger partial charge on any atom is 0.220 e. The second-order valence-electron chi connectivity index (χ2n) is 4.30. The molecule has 1 aromatic rings. The number of H-pyrrole nitrogens is 1. The number of nitrogens with one attached hydrogen (secondary N) is 1. The maximum atomic E-state index is 5.73. The van der Waals surface area contributed by atoms with Gasteiger partial charge in [-0.1, -0.05) is 13.8 Å². The van der Waals surface area contributed by atoms with Gasteiger partial charge in [-0.2, -0.15) is 0 Å². The molecule has 13 heavy (non-hydrogen) atoms. The van der Waals surface area contributed by atoms with Crippen molar-refractivity contribution in [1.82, 2.24) is 14.8 Å². The van der Waals surface area contributed by atoms with Crippen LogP contribution in [0.15, 0.2) is 0 Å². The van der Waals surface area contributed by atoms with Crippen LogP contribution in [-0.2, 0) is 0 Å². The van der Waals surface area contributed by atoms with Crippen LogP contribution in [0, 0.1) is 10.2 Å². The quantitative estimate of drug-likeness (QED) is 0.677. The first-order valence-electron chi connectivity index (χ1n) is 4.45. The van der Waals surface area contributed by atoms with Crippen molar-refractivity contribution < 1.29 is 0 Å². The van der Waals surface area contributed by atoms with Crippen LogP contribution in [0.25, 0.3) is 0 Å². The lowest BCUT2D eigenvalue weighted by atomic mass is 9.67. The lowest BCUT2D eigenvalue weighted by Crippen LogP contribution is -2.37. The van der Waals surface area contributed by atoms with Crippen LogP contribution < -0.4 is 5.73 Å². The van der Waals surface area contributed by atoms with E-state index < -0.39 is 0 Å². The number of aromatic nitrogens is 3. The van der Waals surface area contributed by atoms with Gasteiger partial charge in [0, 0.05) is 6.04 Å². The molecule has 1 aliphatic rings. The Hall–Kier alpha value is -0.840. The molecule has 0 saturated heterocycles. The molecule has 1 unspecified atom stereocenters. The Balaban J connectivity index is 2.42. The van der Waals surface area contributed by atoms with E-state index in [9.17, 15) is 0 Å². The van der Waals surface area contributed by atoms with Gasteiger partial charge in [-0.25, -0.2) is 5.10 Å². The standard InChI is InChI=1S/C8H14N4S/c1-8(2)4-3-5(8)12-6(9)10-11-7(12)13/h5H,3-4H2,1-2H3,(H2,9,10)(H,11,13). The predicted molar refractivity (Wildman–Crippen MR) is 53.9 cm³/mol. The first-order valence-corrected chi connectivity index (χ1v) is 4.85. The molecule has 0 spiro atoms. The van der Waals surface area contributed by atoms with E-state index in [1.54, 1.807) is 0 Å². The van der Waals surface area contributed by atoms with Crippen LogP contribution >= 0.6 is 12.2 Å². The largest absolute Gasteiger partial charge is 0.368 e. The van der Waals surface area contributed by atoms with Crippen LogP contribution in [0.2, 0.25) is 0 Å². The van der Waals surface area contributed by atoms with E-state index in [-0.39, 0.29) is 0 Å². The third-order valence-electron chi connectivity index (χ3n) is 3.01. The summed E-state index contributed by atoms with van der Waals surface area (Å²) in [6, 6.07) is 0.416. The number of nitrogens with two attached hydrogens (primary N) is 1. The highest BCUT2D eigenvalue weighted by Gasteiger charge is 2.40. The van der Waals surface area contributed by atoms with Gasteiger partial charge in [-0.15, -0.1) is 5.10 Å². The van der Waals surface area contributed by atoms with E-state index in [1.807, 2.05) is 4.57 Å². The summed E-state index contributed by atoms with van der Waals surface area (Å²) in [5, 5.41) is 6.62. The molecule has 1 fully saturated rings. The van der Waals surface area contributed by atoms with Gasteiger partial charge in [0.1, 0.15) is 0 Å². The minimum Gasteiger partial charge on any atom is -0.368 e. The molecule has 1 heterocycles. The fourth-order valence-electron chi connectivity index (χ4n) is 1.95. The summed E-state index contributed by atoms with van der Waals surface area (Å²) in [6.45, 7) is 4.46. The average Bonchev–Trinajstić information content (AvgIpc) is 2.34. The Kier molecular flexibility index (Phi) is 1.73. The first-order chi connectivity index (χ1) is 6.02. The topological polar surface area (TPSA) is 59.6 Å². The maximum absolute atomic E-state index is 5.73. The van der Waals surface area contributed by atoms with E-state index in [2.05, 4.69) is 24.0 Å². The number of rotatable bonds is 1. The highest BCUT2D eigenvalue weighted by atomic mass is 32.1. The third-order valence-corrected chi connectivity index (χ3v) is 3.30. The molecule has 1 aliphatic carbocycles. The molecular formula is C8H14N4S. The molecule has 4 nitrogen and oxygen atoms in total. The van der Waals surface area contributed by atoms with Gasteiger partial charge in [-0.05, 0) is 30.5 Å². The Morgan fingerprint density at radius 3 is 2.69 bits per heavy atom. The molecule has 0 radical (unpaired) electrons. The van der Waals surface area contributed by atoms with Crippen molar-refractivity contribution in [2.75, 3.05) is 5.73 Å². The van der Waals surface area contributed by atoms with Crippen molar-refractivity contribution in [3.63, 3.8) is 0 Å². The lowest BCUT2D eigenvalue weighted by Gasteiger charge is -2.45. The minimum absolute atomic E-state index is 0.302. The van der Waals surface area contributed by atoms with Gasteiger partial charge in [0.15, 0.2) is 4.77 Å². The van der Waals surface area contributed by atoms with E-state index in [1.165, 1.54) is 6.42 Å². The summed E-state index contributed by atoms with van der Waals surface area (Å²) in [6.07, 6.45) is 2.37. The fourth-order valence-corrected chi connectivity index (χ4v) is 2.21. The summed E-state index contributed by atoms with van der Waals surface area (Å²) in [7, 11) is 0. The van der Waals surface area contributed by atoms with Gasteiger partial charge in [0.05, 0.1) is 0 Å². The second kappa shape index (κ2) is 2.57. The highest BCUT2D eigenvalue weighted by molar-refractivity contribution is 7.71. The Morgan fingerprint density at radius 1 is 1.69 bits per heavy atom. The van der Waals surface area contributed by atoms with Crippen molar-refractivity contribution in [2.45, 2.75) is 32.7 Å². The number of nitrogen functional groups attached to an aromatic ring is 1. The second-order valence-corrected chi connectivity index (χ2v) is 4.69. The lowest BCUT2D eigenvalue weighted by molar-refractivity contribution is 0.0823. The predicted octanol–water partition coefficient (Wildman–Crippen LogP) is 1.88. The van der Waals surface area contributed by atoms with Crippen molar-refractivity contribution in [3.05, 3.63) is 4.77 Å². The Morgan fingerprint density at radius 2 is 2.38 bits per heavy atom. The van der Waals surface area contributed by atoms with Gasteiger partial charge in [0.2, 0.25) is 5.95 Å². The van der Waals surface area contributed by atoms with E-state index in [0.717, 1.165) is 6.42 Å². The summed E-state index contributed by atoms with van der Waals surface area (Å²) < 4.78 is 2.56. The van der Waals surface area contributed by atoms with Crippen molar-refractivity contribution in [1.29, 1.82) is 0 Å². The molecule has 0 aromatic carbocycles. The molecule has 0 aliphatic heterocycles. The van der Waals surface area contributed by atoms with Gasteiger partial charge in [0.25, 0.3) is 0 Å². The molecule has 1 aromatic heterocycles. The highest BCUT2D eigenvalue weighted by Crippen LogP contribution is 2.49. The third kappa shape index (κ3) is 1.18. The minimum atomic E-state index is 0.302. The molecule has 3 N–H and O–H groups in total. The number of anilines is 1. The summed E-state index contributed by atoms with van der Waals surface area (Å²) >= 11 is 5.12. The number of nitrogens with zero attached hydrogens (tertiary/aromatic N) is 2. The van der Waals surface area contributed by atoms with Crippen LogP contribution in [0.4, 0.5) is 5.95 Å². The summed E-state index contributed by atoms with van der Waals surface area (Å²) in [5.74, 6) is 0.503. The van der Waals surface area contributed by atoms with Crippen molar-refractivity contribution in [3.8, 4) is 0 Å². The zero-order valence-electron chi connectivity index (χ0n) is 7.87. The average molecular weight is 198 g/mol. The molecule has 1 atom stereocenters. The molecule has 72 valence electrons. The number of aromatic amines is 1. The number of hydrogen-bond donors (Lipinski definition) is 2. The van der Waals surface area contributed by atoms with Gasteiger partial charge >= 0.3 is 0 Å². The molecule has 5 heteroatoms. The Labute approximate surface area is 82.1 Å². The zero-order valence-corrected chi connectivity index (χ0v) is 8.69. The van der Waals surface area contributed by atoms with E-state index in [4.69, 9.17) is 18.0 Å². The van der Waals surface area contributed by atoms with Crippen molar-refractivity contribution >= 4 is 18.2 Å². The molecule has 0 amide bonds. The molecule has 2 rings (SSSR count). The normalized spacial score (nSPS) is 25.5. The van der Waals surface area contributed by atoms with Crippen LogP contribution in [-0.4, -0.2) is 14.8 Å². The molecule has 1 saturated carbocycles. The van der Waals surface area contributed by atoms with Gasteiger partial charge in [-0.3, -0.25) is 4.57 Å². The summed E-state index contributed by atoms with van der Waals surface area (Å²) in [4.78, 5) is 0. The summed E-state index contributed by atoms with van der Waals surface area (Å²) in [5.41, 5.74) is 6.03. The molecule has 0 bridgehead atoms. The monoisotopic (exact) mass is 198 g/mol. The smallest absolute Gasteiger partial charge is 0.220 e. The first kappa shape index (κ1) is 8.74. The van der Waals surface area contributed by atoms with E-state index in [0.29, 0.717) is 22.2 Å². The van der Waals surface area contributed by atoms with Crippen LogP contribution in [0.1, 0.15) is 32.7 Å². The fraction of sp³-hybridized carbons (Fsp3) is 0.750. The van der Waals surface area contributed by atoms with Crippen LogP contribution in [0.5, 0.6) is 0 Å². The van der Waals surface area contributed by atoms with Gasteiger partial charge < -0.3 is 5.73 Å². The van der Waals surface area contributed by atoms with E-state index >= 15 is 0 Å². The number of hydrogen-bond acceptors (Lipinski definition) is 3. The SMILES string of the molecule is CC1(C)CCC1n1c(N)n[nH]c1=S. The zero-order chi connectivity index (χ0) is 9.64.